The van der Waals surface area contributed by atoms with Gasteiger partial charge in [-0.2, -0.15) is 0 Å². The Kier molecular flexibility index (Phi) is 3.05. The van der Waals surface area contributed by atoms with E-state index in [1.54, 1.807) is 0 Å². The molecule has 2 aromatic heterocycles. The van der Waals surface area contributed by atoms with Crippen molar-refractivity contribution in [3.05, 3.63) is 36.8 Å². The Bertz CT molecular complexity index is 695. The van der Waals surface area contributed by atoms with Crippen molar-refractivity contribution in [1.29, 1.82) is 0 Å². The first-order valence-electron chi connectivity index (χ1n) is 6.51. The van der Waals surface area contributed by atoms with E-state index in [0.29, 0.717) is 6.54 Å². The molecule has 0 bridgehead atoms. The maximum Gasteiger partial charge on any atom is 0.161 e. The van der Waals surface area contributed by atoms with Gasteiger partial charge in [-0.1, -0.05) is 12.1 Å². The maximum absolute atomic E-state index is 5.56. The summed E-state index contributed by atoms with van der Waals surface area (Å²) in [4.78, 5) is 9.12. The first kappa shape index (κ1) is 11.9. The molecule has 0 unspecified atom stereocenters. The fraction of sp³-hybridized carbons (Fsp3) is 0.286. The summed E-state index contributed by atoms with van der Waals surface area (Å²) in [5.41, 5.74) is 8.61. The highest BCUT2D eigenvalue weighted by Gasteiger charge is 2.13. The summed E-state index contributed by atoms with van der Waals surface area (Å²) in [5.74, 6) is 0.916. The summed E-state index contributed by atoms with van der Waals surface area (Å²) < 4.78 is 4.18. The lowest BCUT2D eigenvalue weighted by Crippen LogP contribution is -2.07. The Balaban J connectivity index is 2.12. The van der Waals surface area contributed by atoms with Crippen molar-refractivity contribution in [2.45, 2.75) is 20.0 Å². The zero-order valence-electron chi connectivity index (χ0n) is 11.0. The number of hydrogen-bond acceptors (Lipinski definition) is 3. The first-order chi connectivity index (χ1) is 9.33. The minimum Gasteiger partial charge on any atom is -0.335 e. The van der Waals surface area contributed by atoms with Gasteiger partial charge in [0.1, 0.15) is 5.69 Å². The number of benzene rings is 1. The SMILES string of the molecule is CCn1c(-c2cn(CCN)cn2)nc2ccccc21. The Morgan fingerprint density at radius 1 is 1.26 bits per heavy atom. The third-order valence-electron chi connectivity index (χ3n) is 3.22. The second kappa shape index (κ2) is 4.85. The number of rotatable bonds is 4. The Morgan fingerprint density at radius 3 is 2.89 bits per heavy atom. The number of para-hydroxylation sites is 2. The van der Waals surface area contributed by atoms with Crippen LogP contribution in [-0.4, -0.2) is 25.6 Å². The van der Waals surface area contributed by atoms with Crippen molar-refractivity contribution in [3.63, 3.8) is 0 Å². The molecule has 19 heavy (non-hydrogen) atoms. The molecule has 0 aliphatic carbocycles. The third kappa shape index (κ3) is 2.02. The Labute approximate surface area is 111 Å². The average molecular weight is 255 g/mol. The molecule has 1 aromatic carbocycles. The number of imidazole rings is 2. The predicted molar refractivity (Wildman–Crippen MR) is 75.7 cm³/mol. The van der Waals surface area contributed by atoms with Crippen LogP contribution in [0.2, 0.25) is 0 Å². The number of aryl methyl sites for hydroxylation is 1. The van der Waals surface area contributed by atoms with Crippen molar-refractivity contribution in [2.24, 2.45) is 5.73 Å². The standard InChI is InChI=1S/C14H17N5/c1-2-19-13-6-4-3-5-11(13)17-14(19)12-9-18(8-7-15)10-16-12/h3-6,9-10H,2,7-8,15H2,1H3. The van der Waals surface area contributed by atoms with Crippen LogP contribution in [0.1, 0.15) is 6.92 Å². The lowest BCUT2D eigenvalue weighted by atomic mass is 10.3. The van der Waals surface area contributed by atoms with Crippen molar-refractivity contribution < 1.29 is 0 Å². The van der Waals surface area contributed by atoms with Crippen LogP contribution in [0.15, 0.2) is 36.8 Å². The monoisotopic (exact) mass is 255 g/mol. The Morgan fingerprint density at radius 2 is 2.11 bits per heavy atom. The third-order valence-corrected chi connectivity index (χ3v) is 3.22. The van der Waals surface area contributed by atoms with Crippen molar-refractivity contribution >= 4 is 11.0 Å². The summed E-state index contributed by atoms with van der Waals surface area (Å²) in [6.07, 6.45) is 3.81. The first-order valence-corrected chi connectivity index (χ1v) is 6.51. The lowest BCUT2D eigenvalue weighted by molar-refractivity contribution is 0.707. The van der Waals surface area contributed by atoms with Gasteiger partial charge in [0.25, 0.3) is 0 Å². The van der Waals surface area contributed by atoms with E-state index in [9.17, 15) is 0 Å². The largest absolute Gasteiger partial charge is 0.335 e. The quantitative estimate of drug-likeness (QED) is 0.774. The molecule has 0 aliphatic heterocycles. The molecule has 98 valence electrons. The van der Waals surface area contributed by atoms with Crippen LogP contribution in [0.4, 0.5) is 0 Å². The van der Waals surface area contributed by atoms with Gasteiger partial charge >= 0.3 is 0 Å². The van der Waals surface area contributed by atoms with E-state index in [4.69, 9.17) is 5.73 Å². The van der Waals surface area contributed by atoms with Gasteiger partial charge in [-0.3, -0.25) is 0 Å². The number of hydrogen-bond donors (Lipinski definition) is 1. The highest BCUT2D eigenvalue weighted by atomic mass is 15.1. The van der Waals surface area contributed by atoms with Crippen LogP contribution in [0.5, 0.6) is 0 Å². The van der Waals surface area contributed by atoms with E-state index in [-0.39, 0.29) is 0 Å². The molecule has 5 nitrogen and oxygen atoms in total. The highest BCUT2D eigenvalue weighted by Crippen LogP contribution is 2.23. The second-order valence-electron chi connectivity index (χ2n) is 4.45. The molecule has 5 heteroatoms. The molecule has 0 spiro atoms. The van der Waals surface area contributed by atoms with Crippen LogP contribution in [-0.2, 0) is 13.1 Å². The average Bonchev–Trinajstić information content (AvgIpc) is 3.02. The number of aromatic nitrogens is 4. The molecule has 2 heterocycles. The smallest absolute Gasteiger partial charge is 0.161 e. The van der Waals surface area contributed by atoms with Gasteiger partial charge in [0.2, 0.25) is 0 Å². The van der Waals surface area contributed by atoms with Gasteiger partial charge in [0.05, 0.1) is 17.4 Å². The number of nitrogens with two attached hydrogens (primary N) is 1. The van der Waals surface area contributed by atoms with E-state index < -0.39 is 0 Å². The fourth-order valence-corrected chi connectivity index (χ4v) is 2.34. The van der Waals surface area contributed by atoms with Crippen LogP contribution in [0.3, 0.4) is 0 Å². The molecule has 2 N–H and O–H groups in total. The zero-order valence-corrected chi connectivity index (χ0v) is 11.0. The van der Waals surface area contributed by atoms with E-state index in [0.717, 1.165) is 35.6 Å². The summed E-state index contributed by atoms with van der Waals surface area (Å²) >= 11 is 0. The minimum absolute atomic E-state index is 0.611. The molecule has 0 fully saturated rings. The molecule has 3 aromatic rings. The van der Waals surface area contributed by atoms with Crippen molar-refractivity contribution in [3.8, 4) is 11.5 Å². The minimum atomic E-state index is 0.611. The molecule has 0 atom stereocenters. The number of nitrogens with zero attached hydrogens (tertiary/aromatic N) is 4. The molecular weight excluding hydrogens is 238 g/mol. The number of fused-ring (bicyclic) bond motifs is 1. The van der Waals surface area contributed by atoms with Crippen LogP contribution in [0, 0.1) is 0 Å². The molecule has 0 saturated heterocycles. The van der Waals surface area contributed by atoms with Gasteiger partial charge in [0, 0.05) is 25.8 Å². The molecule has 3 rings (SSSR count). The van der Waals surface area contributed by atoms with Crippen molar-refractivity contribution in [1.82, 2.24) is 19.1 Å². The molecule has 0 radical (unpaired) electrons. The molecular formula is C14H17N5. The summed E-state index contributed by atoms with van der Waals surface area (Å²) in [6, 6.07) is 8.16. The maximum atomic E-state index is 5.56. The predicted octanol–water partition coefficient (Wildman–Crippen LogP) is 1.88. The molecule has 0 saturated carbocycles. The van der Waals surface area contributed by atoms with Gasteiger partial charge < -0.3 is 14.9 Å². The topological polar surface area (TPSA) is 61.7 Å². The van der Waals surface area contributed by atoms with Gasteiger partial charge in [-0.15, -0.1) is 0 Å². The highest BCUT2D eigenvalue weighted by molar-refractivity contribution is 5.79. The van der Waals surface area contributed by atoms with E-state index >= 15 is 0 Å². The molecule has 0 amide bonds. The normalized spacial score (nSPS) is 11.3. The van der Waals surface area contributed by atoms with Crippen LogP contribution >= 0.6 is 0 Å². The summed E-state index contributed by atoms with van der Waals surface area (Å²) in [7, 11) is 0. The van der Waals surface area contributed by atoms with Crippen LogP contribution < -0.4 is 5.73 Å². The summed E-state index contributed by atoms with van der Waals surface area (Å²) in [6.45, 7) is 4.38. The van der Waals surface area contributed by atoms with Gasteiger partial charge in [-0.05, 0) is 19.1 Å². The Hall–Kier alpha value is -2.14. The lowest BCUT2D eigenvalue weighted by Gasteiger charge is -2.03. The van der Waals surface area contributed by atoms with Crippen LogP contribution in [0.25, 0.3) is 22.6 Å². The van der Waals surface area contributed by atoms with Gasteiger partial charge in [-0.25, -0.2) is 9.97 Å². The van der Waals surface area contributed by atoms with Gasteiger partial charge in [0.15, 0.2) is 5.82 Å². The summed E-state index contributed by atoms with van der Waals surface area (Å²) in [5, 5.41) is 0. The van der Waals surface area contributed by atoms with Crippen molar-refractivity contribution in [2.75, 3.05) is 6.54 Å². The van der Waals surface area contributed by atoms with E-state index in [1.165, 1.54) is 0 Å². The second-order valence-corrected chi connectivity index (χ2v) is 4.45. The zero-order chi connectivity index (χ0) is 13.2. The van der Waals surface area contributed by atoms with E-state index in [2.05, 4.69) is 27.5 Å². The van der Waals surface area contributed by atoms with E-state index in [1.807, 2.05) is 35.3 Å². The molecule has 0 aliphatic rings. The fourth-order valence-electron chi connectivity index (χ4n) is 2.34.